The molecule has 3 aromatic rings. The molecule has 1 N–H and O–H groups in total. The standard InChI is InChI=1S/C21H22N6O2/c1-25-9-5-8-17(25)21(29)26-11-14-10-18-23-24-19(27(18)13-15(14)12-26)20(28)22-16-6-3-2-4-7-16/h2-9,14-15H,10-13H2,1H3,(H,22,28)/t14-,15+/m0/s1. The van der Waals surface area contributed by atoms with Crippen LogP contribution in [0.2, 0.25) is 0 Å². The number of anilines is 1. The van der Waals surface area contributed by atoms with Crippen molar-refractivity contribution >= 4 is 17.5 Å². The number of nitrogens with zero attached hydrogens (tertiary/aromatic N) is 5. The van der Waals surface area contributed by atoms with E-state index in [2.05, 4.69) is 15.5 Å². The number of para-hydroxylation sites is 1. The summed E-state index contributed by atoms with van der Waals surface area (Å²) >= 11 is 0. The second-order valence-corrected chi connectivity index (χ2v) is 7.81. The molecule has 0 aliphatic carbocycles. The van der Waals surface area contributed by atoms with Gasteiger partial charge in [0.15, 0.2) is 0 Å². The fourth-order valence-corrected chi connectivity index (χ4v) is 4.41. The largest absolute Gasteiger partial charge is 0.347 e. The van der Waals surface area contributed by atoms with Gasteiger partial charge in [0.2, 0.25) is 5.82 Å². The fourth-order valence-electron chi connectivity index (χ4n) is 4.41. The van der Waals surface area contributed by atoms with Crippen LogP contribution in [-0.4, -0.2) is 49.1 Å². The van der Waals surface area contributed by atoms with Gasteiger partial charge in [0.05, 0.1) is 0 Å². The molecule has 2 aliphatic heterocycles. The van der Waals surface area contributed by atoms with Gasteiger partial charge in [-0.05, 0) is 36.1 Å². The molecule has 8 nitrogen and oxygen atoms in total. The molecule has 1 fully saturated rings. The SMILES string of the molecule is Cn1cccc1C(=O)N1C[C@@H]2Cn3c(nnc3C(=O)Nc3ccccc3)C[C@H]2C1. The number of rotatable bonds is 3. The molecule has 2 amide bonds. The maximum absolute atomic E-state index is 12.9. The Bertz CT molecular complexity index is 1070. The number of carbonyl (C=O) groups is 2. The minimum Gasteiger partial charge on any atom is -0.347 e. The molecule has 2 aliphatic rings. The number of benzene rings is 1. The van der Waals surface area contributed by atoms with Crippen LogP contribution in [0.3, 0.4) is 0 Å². The third-order valence-corrected chi connectivity index (χ3v) is 5.95. The first-order chi connectivity index (χ1) is 14.1. The number of carbonyl (C=O) groups excluding carboxylic acids is 2. The lowest BCUT2D eigenvalue weighted by molar-refractivity contribution is 0.0773. The zero-order valence-electron chi connectivity index (χ0n) is 16.2. The van der Waals surface area contributed by atoms with Crippen LogP contribution < -0.4 is 5.32 Å². The van der Waals surface area contributed by atoms with Crippen molar-refractivity contribution in [2.24, 2.45) is 18.9 Å². The molecule has 4 heterocycles. The maximum Gasteiger partial charge on any atom is 0.293 e. The Morgan fingerprint density at radius 1 is 1.00 bits per heavy atom. The van der Waals surface area contributed by atoms with E-state index in [0.29, 0.717) is 43.0 Å². The van der Waals surface area contributed by atoms with Crippen LogP contribution in [0.4, 0.5) is 5.69 Å². The first kappa shape index (κ1) is 17.7. The smallest absolute Gasteiger partial charge is 0.293 e. The van der Waals surface area contributed by atoms with E-state index < -0.39 is 0 Å². The van der Waals surface area contributed by atoms with Crippen molar-refractivity contribution < 1.29 is 9.59 Å². The summed E-state index contributed by atoms with van der Waals surface area (Å²) in [5.74, 6) is 1.59. The number of fused-ring (bicyclic) bond motifs is 2. The van der Waals surface area contributed by atoms with Crippen molar-refractivity contribution in [2.45, 2.75) is 13.0 Å². The number of hydrogen-bond donors (Lipinski definition) is 1. The predicted octanol–water partition coefficient (Wildman–Crippen LogP) is 1.81. The van der Waals surface area contributed by atoms with Crippen molar-refractivity contribution in [3.63, 3.8) is 0 Å². The quantitative estimate of drug-likeness (QED) is 0.739. The van der Waals surface area contributed by atoms with Crippen molar-refractivity contribution in [3.05, 3.63) is 66.0 Å². The highest BCUT2D eigenvalue weighted by atomic mass is 16.2. The lowest BCUT2D eigenvalue weighted by Crippen LogP contribution is -2.31. The van der Waals surface area contributed by atoms with E-state index in [9.17, 15) is 9.59 Å². The van der Waals surface area contributed by atoms with Crippen LogP contribution in [0.5, 0.6) is 0 Å². The highest BCUT2D eigenvalue weighted by Gasteiger charge is 2.41. The van der Waals surface area contributed by atoms with E-state index in [1.54, 1.807) is 0 Å². The number of nitrogens with one attached hydrogen (secondary N) is 1. The van der Waals surface area contributed by atoms with E-state index in [0.717, 1.165) is 17.9 Å². The number of aryl methyl sites for hydroxylation is 1. The van der Waals surface area contributed by atoms with Gasteiger partial charge < -0.3 is 19.4 Å². The second-order valence-electron chi connectivity index (χ2n) is 7.81. The summed E-state index contributed by atoms with van der Waals surface area (Å²) in [5.41, 5.74) is 1.43. The minimum absolute atomic E-state index is 0.0599. The molecule has 0 unspecified atom stereocenters. The van der Waals surface area contributed by atoms with E-state index in [4.69, 9.17) is 0 Å². The van der Waals surface area contributed by atoms with Crippen LogP contribution in [0.1, 0.15) is 26.9 Å². The second kappa shape index (κ2) is 6.88. The van der Waals surface area contributed by atoms with Gasteiger partial charge in [0.25, 0.3) is 11.8 Å². The van der Waals surface area contributed by atoms with Crippen molar-refractivity contribution in [1.29, 1.82) is 0 Å². The summed E-state index contributed by atoms with van der Waals surface area (Å²) in [4.78, 5) is 27.5. The van der Waals surface area contributed by atoms with Gasteiger partial charge in [0.1, 0.15) is 11.5 Å². The lowest BCUT2D eigenvalue weighted by Gasteiger charge is -2.25. The molecular weight excluding hydrogens is 368 g/mol. The Labute approximate surface area is 168 Å². The van der Waals surface area contributed by atoms with E-state index in [-0.39, 0.29) is 11.8 Å². The zero-order chi connectivity index (χ0) is 20.0. The highest BCUT2D eigenvalue weighted by Crippen LogP contribution is 2.33. The molecule has 0 radical (unpaired) electrons. The fraction of sp³-hybridized carbons (Fsp3) is 0.333. The van der Waals surface area contributed by atoms with Crippen LogP contribution in [-0.2, 0) is 20.0 Å². The van der Waals surface area contributed by atoms with Gasteiger partial charge in [0, 0.05) is 45.0 Å². The Hall–Kier alpha value is -3.42. The summed E-state index contributed by atoms with van der Waals surface area (Å²) in [7, 11) is 1.88. The van der Waals surface area contributed by atoms with Crippen LogP contribution in [0.15, 0.2) is 48.7 Å². The average molecular weight is 390 g/mol. The van der Waals surface area contributed by atoms with Crippen molar-refractivity contribution in [1.82, 2.24) is 24.2 Å². The monoisotopic (exact) mass is 390 g/mol. The lowest BCUT2D eigenvalue weighted by atomic mass is 9.89. The average Bonchev–Trinajstić information content (AvgIpc) is 3.43. The first-order valence-corrected chi connectivity index (χ1v) is 9.79. The van der Waals surface area contributed by atoms with Gasteiger partial charge in [-0.2, -0.15) is 0 Å². The van der Waals surface area contributed by atoms with E-state index >= 15 is 0 Å². The summed E-state index contributed by atoms with van der Waals surface area (Å²) in [6, 6.07) is 13.1. The van der Waals surface area contributed by atoms with Crippen LogP contribution in [0, 0.1) is 11.8 Å². The molecule has 148 valence electrons. The number of aromatic nitrogens is 4. The summed E-state index contributed by atoms with van der Waals surface area (Å²) < 4.78 is 3.77. The molecule has 29 heavy (non-hydrogen) atoms. The molecule has 5 rings (SSSR count). The third-order valence-electron chi connectivity index (χ3n) is 5.95. The Kier molecular flexibility index (Phi) is 4.19. The predicted molar refractivity (Wildman–Crippen MR) is 106 cm³/mol. The highest BCUT2D eigenvalue weighted by molar-refractivity contribution is 6.01. The van der Waals surface area contributed by atoms with Gasteiger partial charge >= 0.3 is 0 Å². The van der Waals surface area contributed by atoms with Gasteiger partial charge in [-0.25, -0.2) is 0 Å². The minimum atomic E-state index is -0.261. The Morgan fingerprint density at radius 3 is 2.55 bits per heavy atom. The Balaban J connectivity index is 1.32. The Morgan fingerprint density at radius 2 is 1.79 bits per heavy atom. The number of likely N-dealkylation sites (tertiary alicyclic amines) is 1. The molecule has 1 aromatic carbocycles. The molecule has 8 heteroatoms. The first-order valence-electron chi connectivity index (χ1n) is 9.79. The summed E-state index contributed by atoms with van der Waals surface area (Å²) in [6.07, 6.45) is 2.61. The number of amides is 2. The van der Waals surface area contributed by atoms with Crippen molar-refractivity contribution in [2.75, 3.05) is 18.4 Å². The van der Waals surface area contributed by atoms with Gasteiger partial charge in [-0.3, -0.25) is 9.59 Å². The summed E-state index contributed by atoms with van der Waals surface area (Å²) in [6.45, 7) is 2.06. The molecule has 0 bridgehead atoms. The van der Waals surface area contributed by atoms with Crippen LogP contribution in [0.25, 0.3) is 0 Å². The number of hydrogen-bond acceptors (Lipinski definition) is 4. The summed E-state index contributed by atoms with van der Waals surface area (Å²) in [5, 5.41) is 11.3. The molecular formula is C21H22N6O2. The molecule has 0 saturated carbocycles. The van der Waals surface area contributed by atoms with Crippen LogP contribution >= 0.6 is 0 Å². The molecule has 0 spiro atoms. The third kappa shape index (κ3) is 3.10. The topological polar surface area (TPSA) is 85.1 Å². The van der Waals surface area contributed by atoms with Gasteiger partial charge in [-0.1, -0.05) is 18.2 Å². The molecule has 1 saturated heterocycles. The normalized spacial score (nSPS) is 20.2. The molecule has 2 aromatic heterocycles. The maximum atomic E-state index is 12.9. The molecule has 2 atom stereocenters. The van der Waals surface area contributed by atoms with E-state index in [1.807, 2.05) is 69.7 Å². The van der Waals surface area contributed by atoms with Gasteiger partial charge in [-0.15, -0.1) is 10.2 Å². The van der Waals surface area contributed by atoms with Crippen molar-refractivity contribution in [3.8, 4) is 0 Å². The zero-order valence-corrected chi connectivity index (χ0v) is 16.2. The van der Waals surface area contributed by atoms with E-state index in [1.165, 1.54) is 0 Å².